The van der Waals surface area contributed by atoms with Crippen LogP contribution in [-0.4, -0.2) is 15.0 Å². The Morgan fingerprint density at radius 2 is 2.00 bits per heavy atom. The number of nitrogens with zero attached hydrogens (tertiary/aromatic N) is 2. The second kappa shape index (κ2) is 4.21. The zero-order valence-corrected chi connectivity index (χ0v) is 11.7. The average Bonchev–Trinajstić information content (AvgIpc) is 2.74. The van der Waals surface area contributed by atoms with Gasteiger partial charge in [0, 0.05) is 16.2 Å². The van der Waals surface area contributed by atoms with Gasteiger partial charge in [-0.1, -0.05) is 22.0 Å². The summed E-state index contributed by atoms with van der Waals surface area (Å²) in [4.78, 5) is 12.2. The van der Waals surface area contributed by atoms with Crippen LogP contribution in [0.25, 0.3) is 22.6 Å². The zero-order valence-electron chi connectivity index (χ0n) is 10.2. The number of hydrogen-bond donors (Lipinski definition) is 1. The van der Waals surface area contributed by atoms with Crippen molar-refractivity contribution in [1.29, 1.82) is 0 Å². The number of aryl methyl sites for hydroxylation is 2. The molecule has 18 heavy (non-hydrogen) atoms. The molecule has 0 bridgehead atoms. The van der Waals surface area contributed by atoms with Crippen molar-refractivity contribution < 1.29 is 0 Å². The molecule has 2 heterocycles. The summed E-state index contributed by atoms with van der Waals surface area (Å²) in [5.74, 6) is 0.863. The number of aromatic amines is 1. The summed E-state index contributed by atoms with van der Waals surface area (Å²) < 4.78 is 1.05. The van der Waals surface area contributed by atoms with E-state index < -0.39 is 0 Å². The first-order chi connectivity index (χ1) is 8.63. The van der Waals surface area contributed by atoms with Gasteiger partial charge in [-0.25, -0.2) is 9.97 Å². The van der Waals surface area contributed by atoms with Crippen LogP contribution in [-0.2, 0) is 0 Å². The molecule has 3 nitrogen and oxygen atoms in total. The van der Waals surface area contributed by atoms with E-state index in [1.807, 2.05) is 19.2 Å². The molecule has 0 aliphatic heterocycles. The lowest BCUT2D eigenvalue weighted by Gasteiger charge is -2.02. The molecule has 0 saturated carbocycles. The van der Waals surface area contributed by atoms with Crippen molar-refractivity contribution in [2.75, 3.05) is 0 Å². The summed E-state index contributed by atoms with van der Waals surface area (Å²) in [5.41, 5.74) is 5.15. The first kappa shape index (κ1) is 11.4. The van der Waals surface area contributed by atoms with Gasteiger partial charge in [0.05, 0.1) is 5.52 Å². The van der Waals surface area contributed by atoms with Crippen LogP contribution >= 0.6 is 15.9 Å². The second-order valence-corrected chi connectivity index (χ2v) is 5.34. The van der Waals surface area contributed by atoms with Crippen LogP contribution < -0.4 is 0 Å². The summed E-state index contributed by atoms with van der Waals surface area (Å²) in [5, 5.41) is 0. The van der Waals surface area contributed by atoms with E-state index in [1.54, 1.807) is 0 Å². The standard InChI is InChI=1S/C14H12BrN3/c1-8-5-12-14(16-7-8)18-13(17-12)11-6-10(15)4-3-9(11)2/h3-7H,1-2H3,(H,16,17,18). The van der Waals surface area contributed by atoms with Gasteiger partial charge in [-0.3, -0.25) is 0 Å². The van der Waals surface area contributed by atoms with Crippen LogP contribution in [0, 0.1) is 13.8 Å². The van der Waals surface area contributed by atoms with Crippen molar-refractivity contribution in [3.63, 3.8) is 0 Å². The van der Waals surface area contributed by atoms with E-state index in [4.69, 9.17) is 0 Å². The Bertz CT molecular complexity index is 731. The van der Waals surface area contributed by atoms with Crippen LogP contribution in [0.5, 0.6) is 0 Å². The van der Waals surface area contributed by atoms with Gasteiger partial charge < -0.3 is 4.98 Å². The van der Waals surface area contributed by atoms with Crippen molar-refractivity contribution in [1.82, 2.24) is 15.0 Å². The fraction of sp³-hybridized carbons (Fsp3) is 0.143. The van der Waals surface area contributed by atoms with Gasteiger partial charge in [-0.05, 0) is 43.2 Å². The molecule has 0 amide bonds. The number of imidazole rings is 1. The molecule has 0 saturated heterocycles. The molecule has 3 aromatic rings. The molecule has 1 aromatic carbocycles. The molecule has 0 fully saturated rings. The molecule has 0 atom stereocenters. The van der Waals surface area contributed by atoms with Crippen molar-refractivity contribution in [2.24, 2.45) is 0 Å². The van der Waals surface area contributed by atoms with Crippen LogP contribution in [0.3, 0.4) is 0 Å². The largest absolute Gasteiger partial charge is 0.337 e. The van der Waals surface area contributed by atoms with E-state index in [-0.39, 0.29) is 0 Å². The lowest BCUT2D eigenvalue weighted by molar-refractivity contribution is 1.27. The maximum absolute atomic E-state index is 4.54. The van der Waals surface area contributed by atoms with Gasteiger partial charge in [0.25, 0.3) is 0 Å². The number of pyridine rings is 1. The van der Waals surface area contributed by atoms with Gasteiger partial charge in [0.15, 0.2) is 5.65 Å². The van der Waals surface area contributed by atoms with Gasteiger partial charge in [-0.15, -0.1) is 0 Å². The Morgan fingerprint density at radius 3 is 2.83 bits per heavy atom. The number of H-pyrrole nitrogens is 1. The number of aromatic nitrogens is 3. The van der Waals surface area contributed by atoms with Crippen molar-refractivity contribution in [3.05, 3.63) is 46.1 Å². The molecule has 0 spiro atoms. The van der Waals surface area contributed by atoms with Gasteiger partial charge in [-0.2, -0.15) is 0 Å². The zero-order chi connectivity index (χ0) is 12.7. The Balaban J connectivity index is 2.22. The minimum absolute atomic E-state index is 0.759. The normalized spacial score (nSPS) is 11.1. The molecule has 1 N–H and O–H groups in total. The Hall–Kier alpha value is -1.68. The number of nitrogens with one attached hydrogen (secondary N) is 1. The van der Waals surface area contributed by atoms with Crippen LogP contribution in [0.15, 0.2) is 34.9 Å². The van der Waals surface area contributed by atoms with Crippen molar-refractivity contribution in [2.45, 2.75) is 13.8 Å². The monoisotopic (exact) mass is 301 g/mol. The minimum Gasteiger partial charge on any atom is -0.337 e. The first-order valence-corrected chi connectivity index (χ1v) is 6.52. The smallest absolute Gasteiger partial charge is 0.178 e. The molecule has 3 rings (SSSR count). The van der Waals surface area contributed by atoms with Crippen LogP contribution in [0.4, 0.5) is 0 Å². The third-order valence-corrected chi connectivity index (χ3v) is 3.42. The van der Waals surface area contributed by atoms with Gasteiger partial charge in [0.1, 0.15) is 5.82 Å². The maximum Gasteiger partial charge on any atom is 0.178 e. The molecule has 0 unspecified atom stereocenters. The van der Waals surface area contributed by atoms with E-state index in [0.29, 0.717) is 0 Å². The number of hydrogen-bond acceptors (Lipinski definition) is 2. The topological polar surface area (TPSA) is 41.6 Å². The second-order valence-electron chi connectivity index (χ2n) is 4.43. The van der Waals surface area contributed by atoms with E-state index in [1.165, 1.54) is 5.56 Å². The van der Waals surface area contributed by atoms with Crippen molar-refractivity contribution in [3.8, 4) is 11.4 Å². The Morgan fingerprint density at radius 1 is 1.17 bits per heavy atom. The number of halogens is 1. The summed E-state index contributed by atoms with van der Waals surface area (Å²) in [6.07, 6.45) is 1.83. The lowest BCUT2D eigenvalue weighted by atomic mass is 10.1. The highest BCUT2D eigenvalue weighted by Gasteiger charge is 2.09. The Kier molecular flexibility index (Phi) is 2.67. The van der Waals surface area contributed by atoms with Crippen molar-refractivity contribution >= 4 is 27.1 Å². The predicted molar refractivity (Wildman–Crippen MR) is 76.5 cm³/mol. The van der Waals surface area contributed by atoms with E-state index in [9.17, 15) is 0 Å². The van der Waals surface area contributed by atoms with E-state index >= 15 is 0 Å². The Labute approximate surface area is 113 Å². The SMILES string of the molecule is Cc1cnc2nc(-c3cc(Br)ccc3C)[nH]c2c1. The van der Waals surface area contributed by atoms with E-state index in [0.717, 1.165) is 32.6 Å². The summed E-state index contributed by atoms with van der Waals surface area (Å²) in [7, 11) is 0. The number of rotatable bonds is 1. The third-order valence-electron chi connectivity index (χ3n) is 2.93. The number of benzene rings is 1. The molecule has 0 aliphatic rings. The summed E-state index contributed by atoms with van der Waals surface area (Å²) in [6, 6.07) is 8.24. The van der Waals surface area contributed by atoms with E-state index in [2.05, 4.69) is 56.0 Å². The predicted octanol–water partition coefficient (Wildman–Crippen LogP) is 4.00. The van der Waals surface area contributed by atoms with Crippen LogP contribution in [0.2, 0.25) is 0 Å². The average molecular weight is 302 g/mol. The molecule has 0 aliphatic carbocycles. The first-order valence-electron chi connectivity index (χ1n) is 5.72. The molecule has 4 heteroatoms. The highest BCUT2D eigenvalue weighted by molar-refractivity contribution is 9.10. The molecular weight excluding hydrogens is 290 g/mol. The molecular formula is C14H12BrN3. The molecule has 2 aromatic heterocycles. The third kappa shape index (κ3) is 1.93. The maximum atomic E-state index is 4.54. The summed E-state index contributed by atoms with van der Waals surface area (Å²) >= 11 is 3.49. The van der Waals surface area contributed by atoms with Crippen LogP contribution in [0.1, 0.15) is 11.1 Å². The number of fused-ring (bicyclic) bond motifs is 1. The fourth-order valence-corrected chi connectivity index (χ4v) is 2.34. The lowest BCUT2D eigenvalue weighted by Crippen LogP contribution is -1.85. The van der Waals surface area contributed by atoms with Gasteiger partial charge >= 0.3 is 0 Å². The molecule has 90 valence electrons. The summed E-state index contributed by atoms with van der Waals surface area (Å²) in [6.45, 7) is 4.10. The highest BCUT2D eigenvalue weighted by atomic mass is 79.9. The fourth-order valence-electron chi connectivity index (χ4n) is 1.98. The highest BCUT2D eigenvalue weighted by Crippen LogP contribution is 2.26. The quantitative estimate of drug-likeness (QED) is 0.738. The molecule has 0 radical (unpaired) electrons. The minimum atomic E-state index is 0.759. The van der Waals surface area contributed by atoms with Gasteiger partial charge in [0.2, 0.25) is 0 Å².